The topological polar surface area (TPSA) is 78.9 Å². The van der Waals surface area contributed by atoms with Crippen molar-refractivity contribution in [3.8, 4) is 0 Å². The van der Waals surface area contributed by atoms with Crippen LogP contribution in [0.1, 0.15) is 19.4 Å². The number of anilines is 5. The monoisotopic (exact) mass is 347 g/mol. The van der Waals surface area contributed by atoms with E-state index in [4.69, 9.17) is 0 Å². The smallest absolute Gasteiger partial charge is 0.221 e. The van der Waals surface area contributed by atoms with Crippen LogP contribution in [0.15, 0.2) is 60.9 Å². The summed E-state index contributed by atoms with van der Waals surface area (Å²) >= 11 is 0. The van der Waals surface area contributed by atoms with Gasteiger partial charge in [-0.15, -0.1) is 0 Å². The Morgan fingerprint density at radius 3 is 1.85 bits per heavy atom. The van der Waals surface area contributed by atoms with E-state index in [1.165, 1.54) is 18.8 Å². The molecule has 0 radical (unpaired) electrons. The van der Waals surface area contributed by atoms with Gasteiger partial charge < -0.3 is 16.0 Å². The maximum absolute atomic E-state index is 11.1. The molecule has 0 saturated carbocycles. The molecule has 6 nitrogen and oxygen atoms in total. The van der Waals surface area contributed by atoms with Crippen molar-refractivity contribution in [2.24, 2.45) is 0 Å². The fourth-order valence-electron chi connectivity index (χ4n) is 2.45. The molecule has 0 atom stereocenters. The molecule has 0 aliphatic heterocycles. The molecule has 3 aromatic rings. The molecule has 0 aliphatic carbocycles. The molecule has 0 bridgehead atoms. The summed E-state index contributed by atoms with van der Waals surface area (Å²) in [4.78, 5) is 19.6. The van der Waals surface area contributed by atoms with Crippen molar-refractivity contribution in [3.05, 3.63) is 66.5 Å². The third-order valence-corrected chi connectivity index (χ3v) is 3.78. The predicted molar refractivity (Wildman–Crippen MR) is 105 cm³/mol. The van der Waals surface area contributed by atoms with Gasteiger partial charge in [-0.25, -0.2) is 9.97 Å². The second-order valence-corrected chi connectivity index (χ2v) is 5.85. The van der Waals surface area contributed by atoms with Gasteiger partial charge in [0.2, 0.25) is 5.91 Å². The fraction of sp³-hybridized carbons (Fsp3) is 0.150. The Balaban J connectivity index is 1.67. The number of aromatic nitrogens is 2. The molecule has 0 unspecified atom stereocenters. The van der Waals surface area contributed by atoms with Crippen LogP contribution in [-0.4, -0.2) is 15.9 Å². The number of nitrogens with zero attached hydrogens (tertiary/aromatic N) is 2. The number of hydrogen-bond donors (Lipinski definition) is 3. The molecule has 1 heterocycles. The van der Waals surface area contributed by atoms with E-state index in [1.54, 1.807) is 0 Å². The van der Waals surface area contributed by atoms with Gasteiger partial charge >= 0.3 is 0 Å². The highest BCUT2D eigenvalue weighted by atomic mass is 16.1. The molecule has 1 aromatic heterocycles. The summed E-state index contributed by atoms with van der Waals surface area (Å²) in [5.41, 5.74) is 3.90. The number of rotatable bonds is 6. The molecule has 2 aromatic carbocycles. The van der Waals surface area contributed by atoms with Crippen LogP contribution < -0.4 is 16.0 Å². The van der Waals surface area contributed by atoms with Crippen LogP contribution >= 0.6 is 0 Å². The molecule has 3 rings (SSSR count). The molecule has 0 aliphatic rings. The van der Waals surface area contributed by atoms with E-state index in [-0.39, 0.29) is 5.91 Å². The average molecular weight is 347 g/mol. The van der Waals surface area contributed by atoms with Gasteiger partial charge in [0.25, 0.3) is 0 Å². The molecular formula is C20H21N5O. The molecule has 26 heavy (non-hydrogen) atoms. The van der Waals surface area contributed by atoms with Gasteiger partial charge in [-0.3, -0.25) is 4.79 Å². The van der Waals surface area contributed by atoms with Gasteiger partial charge in [0, 0.05) is 30.1 Å². The Bertz CT molecular complexity index is 875. The maximum Gasteiger partial charge on any atom is 0.221 e. The first-order valence-electron chi connectivity index (χ1n) is 8.45. The minimum atomic E-state index is -0.0933. The summed E-state index contributed by atoms with van der Waals surface area (Å²) in [7, 11) is 0. The first-order chi connectivity index (χ1) is 12.6. The quantitative estimate of drug-likeness (QED) is 0.612. The molecule has 3 N–H and O–H groups in total. The lowest BCUT2D eigenvalue weighted by Gasteiger charge is -2.10. The number of nitrogens with one attached hydrogen (secondary N) is 3. The number of benzene rings is 2. The summed E-state index contributed by atoms with van der Waals surface area (Å²) in [5, 5.41) is 9.24. The standard InChI is InChI=1S/C20H21N5O/c1-3-15-4-6-17(7-5-15)24-19-12-20(22-13-21-19)25-18-10-8-16(9-11-18)23-14(2)26/h4-13H,3H2,1-2H3,(H,23,26)(H2,21,22,24,25). The van der Waals surface area contributed by atoms with Crippen LogP contribution in [0.5, 0.6) is 0 Å². The van der Waals surface area contributed by atoms with Crippen LogP contribution in [-0.2, 0) is 11.2 Å². The van der Waals surface area contributed by atoms with Gasteiger partial charge in [0.1, 0.15) is 18.0 Å². The number of carbonyl (C=O) groups excluding carboxylic acids is 1. The summed E-state index contributed by atoms with van der Waals surface area (Å²) in [5.74, 6) is 1.30. The highest BCUT2D eigenvalue weighted by molar-refractivity contribution is 5.88. The number of hydrogen-bond acceptors (Lipinski definition) is 5. The average Bonchev–Trinajstić information content (AvgIpc) is 2.64. The molecular weight excluding hydrogens is 326 g/mol. The van der Waals surface area contributed by atoms with E-state index >= 15 is 0 Å². The summed E-state index contributed by atoms with van der Waals surface area (Å²) < 4.78 is 0. The van der Waals surface area contributed by atoms with Crippen molar-refractivity contribution in [1.29, 1.82) is 0 Å². The van der Waals surface area contributed by atoms with Crippen LogP contribution in [0.3, 0.4) is 0 Å². The van der Waals surface area contributed by atoms with E-state index in [2.05, 4.69) is 45.0 Å². The van der Waals surface area contributed by atoms with Crippen LogP contribution in [0.25, 0.3) is 0 Å². The zero-order valence-corrected chi connectivity index (χ0v) is 14.8. The lowest BCUT2D eigenvalue weighted by Crippen LogP contribution is -2.05. The largest absolute Gasteiger partial charge is 0.340 e. The molecule has 0 spiro atoms. The van der Waals surface area contributed by atoms with Crippen molar-refractivity contribution < 1.29 is 4.79 Å². The van der Waals surface area contributed by atoms with Crippen LogP contribution in [0, 0.1) is 0 Å². The third kappa shape index (κ3) is 4.80. The Hall–Kier alpha value is -3.41. The summed E-state index contributed by atoms with van der Waals surface area (Å²) in [6, 6.07) is 17.5. The summed E-state index contributed by atoms with van der Waals surface area (Å²) in [6.07, 6.45) is 2.53. The van der Waals surface area contributed by atoms with Gasteiger partial charge in [0.05, 0.1) is 0 Å². The summed E-state index contributed by atoms with van der Waals surface area (Å²) in [6.45, 7) is 3.62. The first-order valence-corrected chi connectivity index (χ1v) is 8.45. The number of carbonyl (C=O) groups is 1. The van der Waals surface area contributed by atoms with E-state index in [0.717, 1.165) is 23.5 Å². The highest BCUT2D eigenvalue weighted by Crippen LogP contribution is 2.21. The van der Waals surface area contributed by atoms with Gasteiger partial charge in [0.15, 0.2) is 0 Å². The first kappa shape index (κ1) is 17.4. The van der Waals surface area contributed by atoms with Crippen molar-refractivity contribution >= 4 is 34.6 Å². The number of aryl methyl sites for hydroxylation is 1. The predicted octanol–water partition coefficient (Wildman–Crippen LogP) is 4.48. The third-order valence-electron chi connectivity index (χ3n) is 3.78. The minimum absolute atomic E-state index is 0.0933. The van der Waals surface area contributed by atoms with Crippen molar-refractivity contribution in [2.75, 3.05) is 16.0 Å². The Morgan fingerprint density at radius 1 is 0.846 bits per heavy atom. The highest BCUT2D eigenvalue weighted by Gasteiger charge is 2.02. The normalized spacial score (nSPS) is 10.2. The van der Waals surface area contributed by atoms with Gasteiger partial charge in [-0.2, -0.15) is 0 Å². The van der Waals surface area contributed by atoms with E-state index in [1.807, 2.05) is 42.5 Å². The lowest BCUT2D eigenvalue weighted by atomic mass is 10.1. The second kappa shape index (κ2) is 8.11. The van der Waals surface area contributed by atoms with Crippen LogP contribution in [0.4, 0.5) is 28.7 Å². The van der Waals surface area contributed by atoms with E-state index in [9.17, 15) is 4.79 Å². The SMILES string of the molecule is CCc1ccc(Nc2cc(Nc3ccc(NC(C)=O)cc3)ncn2)cc1. The van der Waals surface area contributed by atoms with Crippen LogP contribution in [0.2, 0.25) is 0 Å². The molecule has 1 amide bonds. The molecule has 0 saturated heterocycles. The Morgan fingerprint density at radius 2 is 1.35 bits per heavy atom. The maximum atomic E-state index is 11.1. The lowest BCUT2D eigenvalue weighted by molar-refractivity contribution is -0.114. The van der Waals surface area contributed by atoms with Crippen molar-refractivity contribution in [3.63, 3.8) is 0 Å². The Labute approximate surface area is 152 Å². The molecule has 6 heteroatoms. The van der Waals surface area contributed by atoms with Gasteiger partial charge in [-0.1, -0.05) is 19.1 Å². The zero-order chi connectivity index (χ0) is 18.4. The number of amides is 1. The molecule has 0 fully saturated rings. The molecule has 132 valence electrons. The van der Waals surface area contributed by atoms with E-state index < -0.39 is 0 Å². The van der Waals surface area contributed by atoms with E-state index in [0.29, 0.717) is 11.6 Å². The van der Waals surface area contributed by atoms with Crippen molar-refractivity contribution in [1.82, 2.24) is 9.97 Å². The zero-order valence-electron chi connectivity index (χ0n) is 14.8. The minimum Gasteiger partial charge on any atom is -0.340 e. The van der Waals surface area contributed by atoms with Gasteiger partial charge in [-0.05, 0) is 48.4 Å². The second-order valence-electron chi connectivity index (χ2n) is 5.85. The van der Waals surface area contributed by atoms with Crippen molar-refractivity contribution in [2.45, 2.75) is 20.3 Å². The fourth-order valence-corrected chi connectivity index (χ4v) is 2.45. The Kier molecular flexibility index (Phi) is 5.43.